The zero-order valence-electron chi connectivity index (χ0n) is 26.8. The van der Waals surface area contributed by atoms with E-state index in [0.29, 0.717) is 17.6 Å². The van der Waals surface area contributed by atoms with E-state index in [-0.39, 0.29) is 0 Å². The quantitative estimate of drug-likeness (QED) is 0.193. The molecule has 11 aromatic rings. The first-order valence-corrected chi connectivity index (χ1v) is 16.9. The van der Waals surface area contributed by atoms with Crippen LogP contribution in [0.1, 0.15) is 0 Å². The molecular formula is C45H27N5. The molecule has 5 heteroatoms. The third-order valence-corrected chi connectivity index (χ3v) is 10.1. The topological polar surface area (TPSA) is 48.0 Å². The van der Waals surface area contributed by atoms with Gasteiger partial charge in [-0.25, -0.2) is 4.98 Å². The summed E-state index contributed by atoms with van der Waals surface area (Å²) in [6.45, 7) is 0. The van der Waals surface area contributed by atoms with Crippen LogP contribution in [0, 0.1) is 0 Å². The Bertz CT molecular complexity index is 3070. The summed E-state index contributed by atoms with van der Waals surface area (Å²) in [7, 11) is 0. The van der Waals surface area contributed by atoms with E-state index in [1.165, 1.54) is 43.7 Å². The molecule has 0 atom stereocenters. The smallest absolute Gasteiger partial charge is 0.238 e. The van der Waals surface area contributed by atoms with Crippen molar-refractivity contribution in [3.8, 4) is 39.9 Å². The van der Waals surface area contributed by atoms with Gasteiger partial charge in [0, 0.05) is 43.4 Å². The van der Waals surface area contributed by atoms with E-state index in [0.717, 1.165) is 38.5 Å². The number of benzene rings is 7. The van der Waals surface area contributed by atoms with Crippen LogP contribution < -0.4 is 0 Å². The van der Waals surface area contributed by atoms with E-state index in [9.17, 15) is 0 Å². The monoisotopic (exact) mass is 637 g/mol. The van der Waals surface area contributed by atoms with Gasteiger partial charge >= 0.3 is 0 Å². The summed E-state index contributed by atoms with van der Waals surface area (Å²) < 4.78 is 4.65. The number of hydrogen-bond acceptors (Lipinski definition) is 3. The summed E-state index contributed by atoms with van der Waals surface area (Å²) in [6, 6.07) is 57.7. The molecule has 0 aliphatic heterocycles. The molecule has 0 fully saturated rings. The van der Waals surface area contributed by atoms with Gasteiger partial charge in [0.15, 0.2) is 11.6 Å². The van der Waals surface area contributed by atoms with E-state index < -0.39 is 0 Å². The summed E-state index contributed by atoms with van der Waals surface area (Å²) in [6.07, 6.45) is 0. The second-order valence-electron chi connectivity index (χ2n) is 12.9. The molecule has 7 aromatic carbocycles. The summed E-state index contributed by atoms with van der Waals surface area (Å²) in [5, 5.41) is 7.33. The van der Waals surface area contributed by atoms with Gasteiger partial charge in [-0.1, -0.05) is 140 Å². The Hall–Kier alpha value is -6.85. The maximum Gasteiger partial charge on any atom is 0.238 e. The summed E-state index contributed by atoms with van der Waals surface area (Å²) in [4.78, 5) is 15.4. The fraction of sp³-hybridized carbons (Fsp3) is 0. The van der Waals surface area contributed by atoms with Crippen LogP contribution in [-0.2, 0) is 0 Å². The second kappa shape index (κ2) is 10.3. The molecular weight excluding hydrogens is 611 g/mol. The fourth-order valence-corrected chi connectivity index (χ4v) is 7.86. The number of rotatable bonds is 4. The standard InChI is InChI=1S/C45H27N5/c1-3-12-28(13-4-1)29-22-24-31(25-23-29)44-46-43(30-14-5-2-6-15-30)47-45(48-44)50-39-21-10-8-17-33(39)36-26-40-37(27-41(36)50)35-19-11-18-34-32-16-7-9-20-38(32)49(40)42(34)35/h1-27H. The van der Waals surface area contributed by atoms with Crippen LogP contribution in [0.25, 0.3) is 99.8 Å². The first kappa shape index (κ1) is 27.1. The predicted molar refractivity (Wildman–Crippen MR) is 205 cm³/mol. The molecule has 0 spiro atoms. The maximum absolute atomic E-state index is 5.21. The van der Waals surface area contributed by atoms with Crippen molar-refractivity contribution in [3.05, 3.63) is 164 Å². The van der Waals surface area contributed by atoms with Gasteiger partial charge in [0.2, 0.25) is 5.95 Å². The number of para-hydroxylation sites is 3. The first-order chi connectivity index (χ1) is 24.8. The zero-order chi connectivity index (χ0) is 32.8. The number of nitrogens with zero attached hydrogens (tertiary/aromatic N) is 5. The molecule has 4 aromatic heterocycles. The van der Waals surface area contributed by atoms with Crippen molar-refractivity contribution < 1.29 is 0 Å². The lowest BCUT2D eigenvalue weighted by Crippen LogP contribution is -2.06. The number of fused-ring (bicyclic) bond motifs is 9. The van der Waals surface area contributed by atoms with Gasteiger partial charge in [0.1, 0.15) is 0 Å². The molecule has 232 valence electrons. The lowest BCUT2D eigenvalue weighted by Gasteiger charge is -2.11. The van der Waals surface area contributed by atoms with Gasteiger partial charge in [-0.2, -0.15) is 9.97 Å². The highest BCUT2D eigenvalue weighted by molar-refractivity contribution is 6.26. The largest absolute Gasteiger partial charge is 0.308 e. The fourth-order valence-electron chi connectivity index (χ4n) is 7.86. The van der Waals surface area contributed by atoms with E-state index in [4.69, 9.17) is 15.0 Å². The Morgan fingerprint density at radius 1 is 0.320 bits per heavy atom. The van der Waals surface area contributed by atoms with E-state index in [1.807, 2.05) is 24.3 Å². The predicted octanol–water partition coefficient (Wildman–Crippen LogP) is 11.1. The van der Waals surface area contributed by atoms with Crippen molar-refractivity contribution in [2.45, 2.75) is 0 Å². The van der Waals surface area contributed by atoms with Crippen LogP contribution in [0.4, 0.5) is 0 Å². The van der Waals surface area contributed by atoms with E-state index >= 15 is 0 Å². The minimum absolute atomic E-state index is 0.591. The minimum atomic E-state index is 0.591. The normalized spacial score (nSPS) is 12.0. The highest BCUT2D eigenvalue weighted by atomic mass is 15.2. The Morgan fingerprint density at radius 2 is 0.800 bits per heavy atom. The maximum atomic E-state index is 5.21. The number of aromatic nitrogens is 5. The van der Waals surface area contributed by atoms with Gasteiger partial charge in [0.25, 0.3) is 0 Å². The number of hydrogen-bond donors (Lipinski definition) is 0. The molecule has 0 bridgehead atoms. The Balaban J connectivity index is 1.20. The van der Waals surface area contributed by atoms with Crippen molar-refractivity contribution in [2.75, 3.05) is 0 Å². The average molecular weight is 638 g/mol. The Kier molecular flexibility index (Phi) is 5.60. The lowest BCUT2D eigenvalue weighted by molar-refractivity contribution is 0.954. The highest BCUT2D eigenvalue weighted by Crippen LogP contribution is 2.42. The van der Waals surface area contributed by atoms with Crippen molar-refractivity contribution >= 4 is 59.9 Å². The van der Waals surface area contributed by atoms with Crippen LogP contribution in [0.15, 0.2) is 164 Å². The molecule has 0 unspecified atom stereocenters. The minimum Gasteiger partial charge on any atom is -0.308 e. The average Bonchev–Trinajstić information content (AvgIpc) is 3.82. The van der Waals surface area contributed by atoms with Crippen molar-refractivity contribution in [2.24, 2.45) is 0 Å². The van der Waals surface area contributed by atoms with Crippen LogP contribution in [-0.4, -0.2) is 23.9 Å². The summed E-state index contributed by atoms with van der Waals surface area (Å²) in [5.74, 6) is 1.86. The summed E-state index contributed by atoms with van der Waals surface area (Å²) >= 11 is 0. The molecule has 0 radical (unpaired) electrons. The van der Waals surface area contributed by atoms with Crippen LogP contribution >= 0.6 is 0 Å². The molecule has 4 heterocycles. The van der Waals surface area contributed by atoms with Gasteiger partial charge in [0.05, 0.1) is 27.6 Å². The molecule has 0 amide bonds. The van der Waals surface area contributed by atoms with Crippen LogP contribution in [0.2, 0.25) is 0 Å². The van der Waals surface area contributed by atoms with Gasteiger partial charge in [-0.05, 0) is 35.4 Å². The van der Waals surface area contributed by atoms with E-state index in [2.05, 4.69) is 148 Å². The second-order valence-corrected chi connectivity index (χ2v) is 12.9. The third kappa shape index (κ3) is 3.86. The molecule has 50 heavy (non-hydrogen) atoms. The van der Waals surface area contributed by atoms with E-state index in [1.54, 1.807) is 0 Å². The zero-order valence-corrected chi connectivity index (χ0v) is 26.8. The Labute approximate surface area is 286 Å². The molecule has 11 rings (SSSR count). The van der Waals surface area contributed by atoms with Gasteiger partial charge < -0.3 is 4.40 Å². The first-order valence-electron chi connectivity index (χ1n) is 16.9. The molecule has 0 saturated heterocycles. The van der Waals surface area contributed by atoms with Crippen molar-refractivity contribution in [1.82, 2.24) is 23.9 Å². The van der Waals surface area contributed by atoms with Crippen molar-refractivity contribution in [1.29, 1.82) is 0 Å². The molecule has 0 aliphatic carbocycles. The van der Waals surface area contributed by atoms with Crippen molar-refractivity contribution in [3.63, 3.8) is 0 Å². The van der Waals surface area contributed by atoms with Gasteiger partial charge in [-0.15, -0.1) is 0 Å². The molecule has 0 saturated carbocycles. The van der Waals surface area contributed by atoms with Crippen LogP contribution in [0.3, 0.4) is 0 Å². The lowest BCUT2D eigenvalue weighted by atomic mass is 10.0. The third-order valence-electron chi connectivity index (χ3n) is 10.1. The van der Waals surface area contributed by atoms with Gasteiger partial charge in [-0.3, -0.25) is 4.57 Å². The Morgan fingerprint density at radius 3 is 1.52 bits per heavy atom. The SMILES string of the molecule is c1ccc(-c2ccc(-c3nc(-c4ccccc4)nc(-n4c5ccccc5c5cc6c(cc54)c4cccc5c7ccccc7n6c54)n3)cc2)cc1. The molecule has 0 N–H and O–H groups in total. The highest BCUT2D eigenvalue weighted by Gasteiger charge is 2.22. The van der Waals surface area contributed by atoms with Crippen LogP contribution in [0.5, 0.6) is 0 Å². The molecule has 5 nitrogen and oxygen atoms in total. The summed E-state index contributed by atoms with van der Waals surface area (Å²) in [5.41, 5.74) is 10.0. The molecule has 0 aliphatic rings.